The molecule has 1 N–H and O–H groups in total. The second-order valence-electron chi connectivity index (χ2n) is 11.5. The lowest BCUT2D eigenvalue weighted by Crippen LogP contribution is -2.38. The largest absolute Gasteiger partial charge is 0.496 e. The fraction of sp³-hybridized carbons (Fsp3) is 0.244. The van der Waals surface area contributed by atoms with Crippen LogP contribution in [-0.2, 0) is 11.3 Å². The third-order valence-electron chi connectivity index (χ3n) is 8.27. The summed E-state index contributed by atoms with van der Waals surface area (Å²) in [6.45, 7) is 2.32. The summed E-state index contributed by atoms with van der Waals surface area (Å²) in [4.78, 5) is 5.56. The minimum Gasteiger partial charge on any atom is -0.496 e. The number of aliphatic hydroxyl groups is 1. The molecule has 0 spiro atoms. The van der Waals surface area contributed by atoms with Gasteiger partial charge in [0.1, 0.15) is 53.3 Å². The topological polar surface area (TPSA) is 73.5 Å². The molecule has 0 bridgehead atoms. The van der Waals surface area contributed by atoms with Gasteiger partial charge in [-0.3, -0.25) is 0 Å². The summed E-state index contributed by atoms with van der Waals surface area (Å²) < 4.78 is 33.2. The molecule has 6 rings (SSSR count). The molecule has 1 aliphatic heterocycles. The van der Waals surface area contributed by atoms with E-state index in [1.807, 2.05) is 72.8 Å². The second-order valence-corrected chi connectivity index (χ2v) is 15.3. The molecule has 0 radical (unpaired) electrons. The van der Waals surface area contributed by atoms with E-state index in [-0.39, 0.29) is 13.2 Å². The summed E-state index contributed by atoms with van der Waals surface area (Å²) in [6.07, 6.45) is 12.2. The van der Waals surface area contributed by atoms with Crippen LogP contribution in [0, 0.1) is 0 Å². The quantitative estimate of drug-likeness (QED) is 0.0403. The lowest BCUT2D eigenvalue weighted by Gasteiger charge is -2.21. The van der Waals surface area contributed by atoms with Crippen molar-refractivity contribution < 1.29 is 33.4 Å². The van der Waals surface area contributed by atoms with E-state index in [9.17, 15) is 5.11 Å². The number of ether oxygens (including phenoxy) is 5. The number of aliphatic hydroxyl groups excluding tert-OH is 1. The van der Waals surface area contributed by atoms with Crippen molar-refractivity contribution >= 4 is 68.6 Å². The van der Waals surface area contributed by atoms with E-state index in [0.717, 1.165) is 63.6 Å². The number of nitrogens with zero attached hydrogens (tertiary/aromatic N) is 2. The van der Waals surface area contributed by atoms with E-state index >= 15 is 0 Å². The van der Waals surface area contributed by atoms with Crippen LogP contribution in [-0.4, -0.2) is 64.8 Å². The average Bonchev–Trinajstić information content (AvgIpc) is 3.72. The van der Waals surface area contributed by atoms with Gasteiger partial charge in [-0.1, -0.05) is 59.5 Å². The Morgan fingerprint density at radius 1 is 0.830 bits per heavy atom. The van der Waals surface area contributed by atoms with Gasteiger partial charge in [-0.15, -0.1) is 23.5 Å². The van der Waals surface area contributed by atoms with Crippen LogP contribution < -0.4 is 28.4 Å². The Morgan fingerprint density at radius 2 is 1.49 bits per heavy atom. The van der Waals surface area contributed by atoms with Gasteiger partial charge >= 0.3 is 0 Å². The molecule has 12 heteroatoms. The number of rotatable bonds is 18. The first-order valence-electron chi connectivity index (χ1n) is 17.0. The van der Waals surface area contributed by atoms with Crippen LogP contribution in [0.15, 0.2) is 129 Å². The predicted octanol–water partition coefficient (Wildman–Crippen LogP) is 9.17. The van der Waals surface area contributed by atoms with E-state index in [1.54, 1.807) is 60.8 Å². The SMILES string of the molecule is COc1cc2c(cc1SC)SC(=CC=C(C=Cc1sc3cc(SC)c(OC)cc3[n+]1CCOc1ccccc1)OCCO)N2CCOc1ccccc1. The Labute approximate surface area is 328 Å². The molecule has 2 heterocycles. The molecule has 0 saturated heterocycles. The first kappa shape index (κ1) is 38.5. The molecule has 0 amide bonds. The van der Waals surface area contributed by atoms with Gasteiger partial charge in [0.25, 0.3) is 5.01 Å². The van der Waals surface area contributed by atoms with Crippen LogP contribution in [0.2, 0.25) is 0 Å². The summed E-state index contributed by atoms with van der Waals surface area (Å²) in [7, 11) is 3.41. The molecule has 0 atom stereocenters. The fourth-order valence-corrected chi connectivity index (χ4v) is 9.26. The maximum Gasteiger partial charge on any atom is 0.263 e. The Kier molecular flexibility index (Phi) is 14.0. The monoisotopic (exact) mass is 787 g/mol. The highest BCUT2D eigenvalue weighted by atomic mass is 32.2. The van der Waals surface area contributed by atoms with Gasteiger partial charge in [-0.25, -0.2) is 0 Å². The molecule has 0 unspecified atom stereocenters. The van der Waals surface area contributed by atoms with Crippen LogP contribution in [0.3, 0.4) is 0 Å². The Balaban J connectivity index is 1.31. The molecular weight excluding hydrogens is 745 g/mol. The van der Waals surface area contributed by atoms with Gasteiger partial charge in [0.05, 0.1) is 53.9 Å². The number of fused-ring (bicyclic) bond motifs is 2. The van der Waals surface area contributed by atoms with Crippen molar-refractivity contribution in [3.8, 4) is 23.0 Å². The normalized spacial score (nSPS) is 13.6. The van der Waals surface area contributed by atoms with E-state index in [2.05, 4.69) is 58.4 Å². The first-order valence-corrected chi connectivity index (χ1v) is 21.1. The number of anilines is 1. The van der Waals surface area contributed by atoms with Crippen LogP contribution in [0.5, 0.6) is 23.0 Å². The fourth-order valence-electron chi connectivity index (χ4n) is 5.73. The highest BCUT2D eigenvalue weighted by molar-refractivity contribution is 8.03. The van der Waals surface area contributed by atoms with Crippen molar-refractivity contribution in [2.24, 2.45) is 0 Å². The van der Waals surface area contributed by atoms with Crippen LogP contribution in [0.1, 0.15) is 5.01 Å². The zero-order valence-corrected chi connectivity index (χ0v) is 33.4. The van der Waals surface area contributed by atoms with Crippen molar-refractivity contribution in [3.63, 3.8) is 0 Å². The number of benzene rings is 4. The molecule has 276 valence electrons. The number of hydrogen-bond donors (Lipinski definition) is 1. The van der Waals surface area contributed by atoms with Crippen molar-refractivity contribution in [2.75, 3.05) is 64.6 Å². The van der Waals surface area contributed by atoms with E-state index in [0.29, 0.717) is 32.1 Å². The number of methoxy groups -OCH3 is 2. The van der Waals surface area contributed by atoms with Crippen molar-refractivity contribution in [1.29, 1.82) is 0 Å². The van der Waals surface area contributed by atoms with Crippen molar-refractivity contribution in [1.82, 2.24) is 0 Å². The highest BCUT2D eigenvalue weighted by Crippen LogP contribution is 2.50. The zero-order valence-electron chi connectivity index (χ0n) is 30.2. The molecule has 0 saturated carbocycles. The van der Waals surface area contributed by atoms with Crippen molar-refractivity contribution in [3.05, 3.63) is 119 Å². The van der Waals surface area contributed by atoms with E-state index < -0.39 is 0 Å². The molecule has 4 aromatic carbocycles. The predicted molar refractivity (Wildman–Crippen MR) is 220 cm³/mol. The molecule has 8 nitrogen and oxygen atoms in total. The number of para-hydroxylation sites is 2. The standard InChI is InChI=1S/C41H43N2O6S4/c1-45-34-25-32-36(27-38(34)50-3)52-40(42(32)19-22-47-29-11-7-5-8-12-29)17-15-31(49-24-21-44)16-18-41-43(20-23-48-30-13-9-6-10-14-30)33-26-35(46-2)39(51-4)28-37(33)53-41/h5-18,25-28,44H,19-24H2,1-4H3/q+1. The summed E-state index contributed by atoms with van der Waals surface area (Å²) in [6, 6.07) is 28.3. The Morgan fingerprint density at radius 3 is 2.15 bits per heavy atom. The second kappa shape index (κ2) is 19.2. The van der Waals surface area contributed by atoms with Gasteiger partial charge in [0, 0.05) is 17.0 Å². The van der Waals surface area contributed by atoms with Gasteiger partial charge in [-0.2, -0.15) is 4.57 Å². The molecule has 5 aromatic rings. The smallest absolute Gasteiger partial charge is 0.263 e. The van der Waals surface area contributed by atoms with Gasteiger partial charge in [0.15, 0.2) is 6.54 Å². The minimum atomic E-state index is -0.0981. The first-order chi connectivity index (χ1) is 26.0. The lowest BCUT2D eigenvalue weighted by molar-refractivity contribution is -0.669. The van der Waals surface area contributed by atoms with Crippen LogP contribution >= 0.6 is 46.6 Å². The lowest BCUT2D eigenvalue weighted by atomic mass is 10.2. The highest BCUT2D eigenvalue weighted by Gasteiger charge is 2.27. The molecular formula is C41H43N2O6S4+. The summed E-state index contributed by atoms with van der Waals surface area (Å²) in [5.41, 5.74) is 2.14. The summed E-state index contributed by atoms with van der Waals surface area (Å²) >= 11 is 6.72. The number of allylic oxidation sites excluding steroid dienone is 3. The molecule has 53 heavy (non-hydrogen) atoms. The minimum absolute atomic E-state index is 0.0981. The Hall–Kier alpha value is -4.20. The average molecular weight is 788 g/mol. The number of thioether (sulfide) groups is 3. The zero-order chi connectivity index (χ0) is 37.0. The molecule has 0 aliphatic carbocycles. The molecule has 1 aromatic heterocycles. The van der Waals surface area contributed by atoms with Crippen LogP contribution in [0.25, 0.3) is 16.3 Å². The van der Waals surface area contributed by atoms with Gasteiger partial charge in [0.2, 0.25) is 5.52 Å². The summed E-state index contributed by atoms with van der Waals surface area (Å²) in [5, 5.41) is 11.8. The Bertz CT molecular complexity index is 2070. The third kappa shape index (κ3) is 9.68. The number of aromatic nitrogens is 1. The molecule has 0 fully saturated rings. The third-order valence-corrected chi connectivity index (χ3v) is 12.0. The van der Waals surface area contributed by atoms with Gasteiger partial charge in [-0.05, 0) is 67.1 Å². The summed E-state index contributed by atoms with van der Waals surface area (Å²) in [5.74, 6) is 3.96. The maximum atomic E-state index is 9.70. The van der Waals surface area contributed by atoms with E-state index in [1.165, 1.54) is 0 Å². The number of thiazole rings is 1. The number of hydrogen-bond acceptors (Lipinski definition) is 11. The maximum absolute atomic E-state index is 9.70. The van der Waals surface area contributed by atoms with Gasteiger partial charge < -0.3 is 33.7 Å². The van der Waals surface area contributed by atoms with Crippen LogP contribution in [0.4, 0.5) is 5.69 Å². The van der Waals surface area contributed by atoms with Crippen molar-refractivity contribution in [2.45, 2.75) is 21.2 Å². The van der Waals surface area contributed by atoms with E-state index in [4.69, 9.17) is 23.7 Å². The molecule has 1 aliphatic rings.